The Labute approximate surface area is 91.0 Å². The number of piperidine rings is 1. The van der Waals surface area contributed by atoms with Gasteiger partial charge < -0.3 is 0 Å². The lowest BCUT2D eigenvalue weighted by Crippen LogP contribution is -2.40. The highest BCUT2D eigenvalue weighted by Crippen LogP contribution is 2.38. The number of hydrogen-bond donors (Lipinski definition) is 0. The molecule has 1 saturated heterocycles. The van der Waals surface area contributed by atoms with Crippen LogP contribution in [0.25, 0.3) is 0 Å². The van der Waals surface area contributed by atoms with E-state index in [2.05, 4.69) is 13.8 Å². The molecule has 0 N–H and O–H groups in total. The van der Waals surface area contributed by atoms with E-state index in [4.69, 9.17) is 10.7 Å². The van der Waals surface area contributed by atoms with Crippen molar-refractivity contribution >= 4 is 19.9 Å². The second kappa shape index (κ2) is 4.37. The van der Waals surface area contributed by atoms with Crippen molar-refractivity contribution in [3.63, 3.8) is 0 Å². The van der Waals surface area contributed by atoms with Gasteiger partial charge in [0.15, 0.2) is 0 Å². The van der Waals surface area contributed by atoms with Crippen LogP contribution in [-0.2, 0) is 9.24 Å². The minimum Gasteiger partial charge on any atom is -0.195 e. The first-order chi connectivity index (χ1) is 6.43. The zero-order chi connectivity index (χ0) is 10.8. The van der Waals surface area contributed by atoms with Crippen molar-refractivity contribution in [3.8, 4) is 0 Å². The van der Waals surface area contributed by atoms with Crippen LogP contribution in [0.4, 0.5) is 0 Å². The zero-order valence-electron chi connectivity index (χ0n) is 8.79. The largest absolute Gasteiger partial charge is 0.299 e. The van der Waals surface area contributed by atoms with Crippen LogP contribution >= 0.6 is 10.7 Å². The monoisotopic (exact) mass is 239 g/mol. The quantitative estimate of drug-likeness (QED) is 0.710. The zero-order valence-corrected chi connectivity index (χ0v) is 10.4. The van der Waals surface area contributed by atoms with E-state index in [1.54, 1.807) is 0 Å². The lowest BCUT2D eigenvalue weighted by atomic mass is 9.75. The third kappa shape index (κ3) is 2.61. The number of rotatable bonds is 3. The van der Waals surface area contributed by atoms with E-state index < -0.39 is 9.24 Å². The summed E-state index contributed by atoms with van der Waals surface area (Å²) in [6.45, 7) is 5.50. The molecule has 0 spiro atoms. The predicted octanol–water partition coefficient (Wildman–Crippen LogP) is 2.37. The van der Waals surface area contributed by atoms with Crippen LogP contribution in [0, 0.1) is 5.41 Å². The van der Waals surface area contributed by atoms with E-state index in [1.807, 2.05) is 0 Å². The van der Waals surface area contributed by atoms with Gasteiger partial charge in [-0.25, -0.2) is 0 Å². The van der Waals surface area contributed by atoms with E-state index >= 15 is 0 Å². The minimum atomic E-state index is -3.49. The van der Waals surface area contributed by atoms with Gasteiger partial charge >= 0.3 is 0 Å². The average molecular weight is 240 g/mol. The van der Waals surface area contributed by atoms with Gasteiger partial charge in [-0.15, -0.1) is 0 Å². The molecule has 0 aromatic rings. The summed E-state index contributed by atoms with van der Waals surface area (Å²) in [6, 6.07) is 0. The molecule has 0 radical (unpaired) electrons. The molecule has 5 heteroatoms. The molecule has 1 aliphatic heterocycles. The molecule has 1 aliphatic rings. The third-order valence-electron chi connectivity index (χ3n) is 3.59. The van der Waals surface area contributed by atoms with E-state index in [0.717, 1.165) is 25.7 Å². The van der Waals surface area contributed by atoms with Crippen LogP contribution in [0.3, 0.4) is 0 Å². The Morgan fingerprint density at radius 1 is 1.21 bits per heavy atom. The molecule has 0 aromatic carbocycles. The first-order valence-electron chi connectivity index (χ1n) is 5.13. The smallest absolute Gasteiger partial charge is 0.195 e. The third-order valence-corrected chi connectivity index (χ3v) is 5.16. The first kappa shape index (κ1) is 12.3. The van der Waals surface area contributed by atoms with Gasteiger partial charge in [-0.3, -0.25) is 0 Å². The Hall–Kier alpha value is 0.200. The lowest BCUT2D eigenvalue weighted by Gasteiger charge is -2.39. The summed E-state index contributed by atoms with van der Waals surface area (Å²) in [4.78, 5) is 0. The second-order valence-electron chi connectivity index (χ2n) is 4.05. The van der Waals surface area contributed by atoms with Gasteiger partial charge in [0.1, 0.15) is 0 Å². The maximum absolute atomic E-state index is 11.1. The maximum atomic E-state index is 11.1. The number of halogens is 1. The summed E-state index contributed by atoms with van der Waals surface area (Å²) >= 11 is 0. The summed E-state index contributed by atoms with van der Waals surface area (Å²) in [7, 11) is 1.80. The molecule has 0 amide bonds. The van der Waals surface area contributed by atoms with Crippen molar-refractivity contribution in [2.75, 3.05) is 13.1 Å². The SMILES string of the molecule is CCC1(CC)CCN(S(=O)(=O)Cl)CC1. The fourth-order valence-corrected chi connectivity index (χ4v) is 3.17. The summed E-state index contributed by atoms with van der Waals surface area (Å²) in [5.74, 6) is 0. The molecule has 1 fully saturated rings. The molecule has 0 bridgehead atoms. The Morgan fingerprint density at radius 3 is 1.93 bits per heavy atom. The summed E-state index contributed by atoms with van der Waals surface area (Å²) in [6.07, 6.45) is 4.12. The number of nitrogens with zero attached hydrogens (tertiary/aromatic N) is 1. The lowest BCUT2D eigenvalue weighted by molar-refractivity contribution is 0.143. The molecule has 1 rings (SSSR count). The van der Waals surface area contributed by atoms with Crippen LogP contribution in [0.15, 0.2) is 0 Å². The Balaban J connectivity index is 2.62. The Bertz CT molecular complexity index is 275. The minimum absolute atomic E-state index is 0.345. The van der Waals surface area contributed by atoms with E-state index in [0.29, 0.717) is 18.5 Å². The molecule has 0 atom stereocenters. The van der Waals surface area contributed by atoms with Crippen molar-refractivity contribution in [1.29, 1.82) is 0 Å². The fourth-order valence-electron chi connectivity index (χ4n) is 2.14. The molecule has 1 heterocycles. The van der Waals surface area contributed by atoms with Gasteiger partial charge in [-0.05, 0) is 18.3 Å². The van der Waals surface area contributed by atoms with Gasteiger partial charge in [0.2, 0.25) is 0 Å². The predicted molar refractivity (Wildman–Crippen MR) is 58.6 cm³/mol. The molecule has 3 nitrogen and oxygen atoms in total. The van der Waals surface area contributed by atoms with Crippen LogP contribution < -0.4 is 0 Å². The highest BCUT2D eigenvalue weighted by atomic mass is 35.7. The van der Waals surface area contributed by atoms with Gasteiger partial charge in [0.05, 0.1) is 0 Å². The maximum Gasteiger partial charge on any atom is 0.299 e. The highest BCUT2D eigenvalue weighted by Gasteiger charge is 2.34. The first-order valence-corrected chi connectivity index (χ1v) is 7.40. The molecular weight excluding hydrogens is 222 g/mol. The van der Waals surface area contributed by atoms with Crippen molar-refractivity contribution in [2.24, 2.45) is 5.41 Å². The Morgan fingerprint density at radius 2 is 1.64 bits per heavy atom. The number of hydrogen-bond acceptors (Lipinski definition) is 2. The van der Waals surface area contributed by atoms with Gasteiger partial charge in [0, 0.05) is 23.8 Å². The van der Waals surface area contributed by atoms with E-state index in [1.165, 1.54) is 4.31 Å². The van der Waals surface area contributed by atoms with Crippen molar-refractivity contribution in [3.05, 3.63) is 0 Å². The van der Waals surface area contributed by atoms with Crippen LogP contribution in [0.5, 0.6) is 0 Å². The molecule has 84 valence electrons. The molecule has 0 aromatic heterocycles. The van der Waals surface area contributed by atoms with Crippen LogP contribution in [0.1, 0.15) is 39.5 Å². The van der Waals surface area contributed by atoms with E-state index in [9.17, 15) is 8.42 Å². The van der Waals surface area contributed by atoms with Crippen LogP contribution in [-0.4, -0.2) is 25.8 Å². The molecule has 0 aliphatic carbocycles. The van der Waals surface area contributed by atoms with Gasteiger partial charge in [-0.1, -0.05) is 26.7 Å². The second-order valence-corrected chi connectivity index (χ2v) is 6.56. The average Bonchev–Trinajstić information content (AvgIpc) is 2.16. The van der Waals surface area contributed by atoms with Gasteiger partial charge in [-0.2, -0.15) is 12.7 Å². The standard InChI is InChI=1S/C9H18ClNO2S/c1-3-9(4-2)5-7-11(8-6-9)14(10,12)13/h3-8H2,1-2H3. The molecule has 0 saturated carbocycles. The summed E-state index contributed by atoms with van der Waals surface area (Å²) in [5.41, 5.74) is 0.345. The normalized spacial score (nSPS) is 23.6. The highest BCUT2D eigenvalue weighted by molar-refractivity contribution is 8.11. The summed E-state index contributed by atoms with van der Waals surface area (Å²) in [5, 5.41) is 0. The van der Waals surface area contributed by atoms with Crippen LogP contribution in [0.2, 0.25) is 0 Å². The van der Waals surface area contributed by atoms with E-state index in [-0.39, 0.29) is 0 Å². The van der Waals surface area contributed by atoms with Crippen molar-refractivity contribution < 1.29 is 8.42 Å². The molecule has 0 unspecified atom stereocenters. The van der Waals surface area contributed by atoms with Gasteiger partial charge in [0.25, 0.3) is 9.24 Å². The summed E-state index contributed by atoms with van der Waals surface area (Å²) < 4.78 is 23.5. The fraction of sp³-hybridized carbons (Fsp3) is 1.00. The topological polar surface area (TPSA) is 37.4 Å². The molecular formula is C9H18ClNO2S. The molecule has 14 heavy (non-hydrogen) atoms. The van der Waals surface area contributed by atoms with Crippen molar-refractivity contribution in [1.82, 2.24) is 4.31 Å². The Kier molecular flexibility index (Phi) is 3.83. The van der Waals surface area contributed by atoms with Crippen molar-refractivity contribution in [2.45, 2.75) is 39.5 Å².